The minimum absolute atomic E-state index is 0.0651. The molecule has 0 aliphatic carbocycles. The molecule has 0 radical (unpaired) electrons. The zero-order valence-corrected chi connectivity index (χ0v) is 13.0. The summed E-state index contributed by atoms with van der Waals surface area (Å²) in [6.45, 7) is 6.30. The number of nitrogens with zero attached hydrogens (tertiary/aromatic N) is 3. The molecule has 0 N–H and O–H groups in total. The molecule has 2 bridgehead atoms. The monoisotopic (exact) mass is 275 g/mol. The fourth-order valence-corrected chi connectivity index (χ4v) is 3.68. The highest BCUT2D eigenvalue weighted by Gasteiger charge is 2.41. The van der Waals surface area contributed by atoms with Crippen molar-refractivity contribution in [1.29, 1.82) is 0 Å². The number of carbonyl (C=O) groups excluding carboxylic acids is 1. The summed E-state index contributed by atoms with van der Waals surface area (Å²) in [6, 6.07) is 1.22. The molecule has 2 unspecified atom stereocenters. The van der Waals surface area contributed by atoms with Gasteiger partial charge in [0, 0.05) is 24.2 Å². The van der Waals surface area contributed by atoms with Crippen molar-refractivity contribution in [3.63, 3.8) is 0 Å². The maximum Gasteiger partial charge on any atom is 0.169 e. The Bertz CT molecular complexity index is 500. The Morgan fingerprint density at radius 3 is 2.35 bits per heavy atom. The van der Waals surface area contributed by atoms with Crippen molar-refractivity contribution in [2.45, 2.75) is 64.1 Å². The molecule has 2 aliphatic heterocycles. The number of hydrogen-bond donors (Lipinski definition) is 0. The highest BCUT2D eigenvalue weighted by molar-refractivity contribution is 5.97. The zero-order valence-electron chi connectivity index (χ0n) is 13.0. The second-order valence-corrected chi connectivity index (χ2v) is 7.43. The van der Waals surface area contributed by atoms with Crippen LogP contribution >= 0.6 is 0 Å². The first-order valence-electron chi connectivity index (χ1n) is 7.67. The Labute approximate surface area is 121 Å². The largest absolute Gasteiger partial charge is 0.300 e. The topological polar surface area (TPSA) is 38.1 Å². The molecule has 1 aromatic rings. The molecule has 3 heterocycles. The van der Waals surface area contributed by atoms with Gasteiger partial charge in [0.15, 0.2) is 5.78 Å². The van der Waals surface area contributed by atoms with E-state index in [0.717, 1.165) is 18.4 Å². The van der Waals surface area contributed by atoms with Gasteiger partial charge in [-0.15, -0.1) is 0 Å². The summed E-state index contributed by atoms with van der Waals surface area (Å²) in [6.07, 6.45) is 8.22. The van der Waals surface area contributed by atoms with E-state index in [2.05, 4.69) is 37.8 Å². The molecule has 2 atom stereocenters. The van der Waals surface area contributed by atoms with Gasteiger partial charge in [-0.05, 0) is 53.5 Å². The standard InChI is InChI=1S/C16H25N3O/c1-16(2,3)19-10-12(9-17-19)15(20)11-7-13-5-6-14(8-11)18(13)4/h9-11,13-14H,5-8H2,1-4H3. The molecule has 4 heteroatoms. The molecule has 20 heavy (non-hydrogen) atoms. The molecule has 2 saturated heterocycles. The van der Waals surface area contributed by atoms with Gasteiger partial charge in [-0.2, -0.15) is 5.10 Å². The second-order valence-electron chi connectivity index (χ2n) is 7.43. The van der Waals surface area contributed by atoms with Crippen LogP contribution in [0.5, 0.6) is 0 Å². The van der Waals surface area contributed by atoms with E-state index < -0.39 is 0 Å². The van der Waals surface area contributed by atoms with Gasteiger partial charge < -0.3 is 4.90 Å². The van der Waals surface area contributed by atoms with Crippen molar-refractivity contribution in [3.05, 3.63) is 18.0 Å². The molecule has 0 saturated carbocycles. The van der Waals surface area contributed by atoms with E-state index in [1.54, 1.807) is 6.20 Å². The number of aromatic nitrogens is 2. The van der Waals surface area contributed by atoms with Crippen LogP contribution in [0.3, 0.4) is 0 Å². The second kappa shape index (κ2) is 4.69. The molecule has 110 valence electrons. The number of carbonyl (C=O) groups is 1. The van der Waals surface area contributed by atoms with Crippen molar-refractivity contribution >= 4 is 5.78 Å². The number of Topliss-reactive ketones (excluding diaryl/α,β-unsaturated/α-hetero) is 1. The maximum absolute atomic E-state index is 12.7. The smallest absolute Gasteiger partial charge is 0.169 e. The average Bonchev–Trinajstić information content (AvgIpc) is 2.91. The van der Waals surface area contributed by atoms with Gasteiger partial charge in [0.05, 0.1) is 17.3 Å². The summed E-state index contributed by atoms with van der Waals surface area (Å²) < 4.78 is 1.89. The van der Waals surface area contributed by atoms with E-state index in [9.17, 15) is 4.79 Å². The van der Waals surface area contributed by atoms with Gasteiger partial charge >= 0.3 is 0 Å². The van der Waals surface area contributed by atoms with Crippen molar-refractivity contribution in [2.75, 3.05) is 7.05 Å². The van der Waals surface area contributed by atoms with Gasteiger partial charge in [-0.25, -0.2) is 0 Å². The van der Waals surface area contributed by atoms with Gasteiger partial charge in [-0.1, -0.05) is 0 Å². The molecular formula is C16H25N3O. The minimum atomic E-state index is -0.0651. The third-order valence-electron chi connectivity index (χ3n) is 5.02. The molecule has 4 nitrogen and oxygen atoms in total. The van der Waals surface area contributed by atoms with Crippen LogP contribution in [0.1, 0.15) is 56.8 Å². The number of hydrogen-bond acceptors (Lipinski definition) is 3. The van der Waals surface area contributed by atoms with Crippen molar-refractivity contribution in [2.24, 2.45) is 5.92 Å². The van der Waals surface area contributed by atoms with E-state index in [4.69, 9.17) is 0 Å². The first-order valence-corrected chi connectivity index (χ1v) is 7.67. The first kappa shape index (κ1) is 13.8. The van der Waals surface area contributed by atoms with Gasteiger partial charge in [0.25, 0.3) is 0 Å². The summed E-state index contributed by atoms with van der Waals surface area (Å²) >= 11 is 0. The predicted molar refractivity (Wildman–Crippen MR) is 78.9 cm³/mol. The number of piperidine rings is 1. The Balaban J connectivity index is 1.75. The molecule has 0 spiro atoms. The summed E-state index contributed by atoms with van der Waals surface area (Å²) in [5.41, 5.74) is 0.721. The number of rotatable bonds is 2. The van der Waals surface area contributed by atoms with Crippen LogP contribution in [0.15, 0.2) is 12.4 Å². The summed E-state index contributed by atoms with van der Waals surface area (Å²) in [5, 5.41) is 4.36. The molecule has 3 rings (SSSR count). The van der Waals surface area contributed by atoms with Gasteiger partial charge in [0.2, 0.25) is 0 Å². The van der Waals surface area contributed by atoms with Crippen LogP contribution in [-0.2, 0) is 5.54 Å². The summed E-state index contributed by atoms with van der Waals surface area (Å²) in [4.78, 5) is 15.2. The highest BCUT2D eigenvalue weighted by atomic mass is 16.1. The van der Waals surface area contributed by atoms with E-state index in [-0.39, 0.29) is 11.5 Å². The van der Waals surface area contributed by atoms with E-state index in [1.807, 2.05) is 10.9 Å². The quantitative estimate of drug-likeness (QED) is 0.779. The van der Waals surface area contributed by atoms with E-state index >= 15 is 0 Å². The number of fused-ring (bicyclic) bond motifs is 2. The van der Waals surface area contributed by atoms with Crippen LogP contribution in [0.2, 0.25) is 0 Å². The van der Waals surface area contributed by atoms with Crippen LogP contribution in [0.4, 0.5) is 0 Å². The molecule has 2 aliphatic rings. The Kier molecular flexibility index (Phi) is 3.24. The van der Waals surface area contributed by atoms with Crippen LogP contribution in [0, 0.1) is 5.92 Å². The lowest BCUT2D eigenvalue weighted by molar-refractivity contribution is 0.0767. The van der Waals surface area contributed by atoms with Crippen molar-refractivity contribution < 1.29 is 4.79 Å². The van der Waals surface area contributed by atoms with Crippen LogP contribution in [-0.4, -0.2) is 39.6 Å². The van der Waals surface area contributed by atoms with E-state index in [1.165, 1.54) is 12.8 Å². The minimum Gasteiger partial charge on any atom is -0.300 e. The highest BCUT2D eigenvalue weighted by Crippen LogP contribution is 2.38. The van der Waals surface area contributed by atoms with Gasteiger partial charge in [-0.3, -0.25) is 9.48 Å². The van der Waals surface area contributed by atoms with Crippen LogP contribution < -0.4 is 0 Å². The van der Waals surface area contributed by atoms with Crippen molar-refractivity contribution in [1.82, 2.24) is 14.7 Å². The van der Waals surface area contributed by atoms with Crippen LogP contribution in [0.25, 0.3) is 0 Å². The lowest BCUT2D eigenvalue weighted by atomic mass is 9.86. The molecule has 1 aromatic heterocycles. The third-order valence-corrected chi connectivity index (χ3v) is 5.02. The molecular weight excluding hydrogens is 250 g/mol. The van der Waals surface area contributed by atoms with Gasteiger partial charge in [0.1, 0.15) is 0 Å². The lowest BCUT2D eigenvalue weighted by Crippen LogP contribution is -2.42. The zero-order chi connectivity index (χ0) is 14.5. The summed E-state index contributed by atoms with van der Waals surface area (Å²) in [5.74, 6) is 0.492. The number of ketones is 1. The normalized spacial score (nSPS) is 30.7. The predicted octanol–water partition coefficient (Wildman–Crippen LogP) is 2.69. The van der Waals surface area contributed by atoms with E-state index in [0.29, 0.717) is 17.9 Å². The third kappa shape index (κ3) is 2.30. The fraction of sp³-hybridized carbons (Fsp3) is 0.750. The Hall–Kier alpha value is -1.16. The molecule has 0 aromatic carbocycles. The molecule has 2 fully saturated rings. The fourth-order valence-electron chi connectivity index (χ4n) is 3.68. The lowest BCUT2D eigenvalue weighted by Gasteiger charge is -2.35. The Morgan fingerprint density at radius 1 is 1.25 bits per heavy atom. The first-order chi connectivity index (χ1) is 9.36. The SMILES string of the molecule is CN1C2CCC1CC(C(=O)c1cnn(C(C)(C)C)c1)C2. The Morgan fingerprint density at radius 2 is 1.85 bits per heavy atom. The maximum atomic E-state index is 12.7. The molecule has 0 amide bonds. The average molecular weight is 275 g/mol. The van der Waals surface area contributed by atoms with Crippen molar-refractivity contribution in [3.8, 4) is 0 Å². The summed E-state index contributed by atoms with van der Waals surface area (Å²) in [7, 11) is 2.21.